The summed E-state index contributed by atoms with van der Waals surface area (Å²) in [6, 6.07) is 12.2. The first-order valence-electron chi connectivity index (χ1n) is 5.96. The lowest BCUT2D eigenvalue weighted by atomic mass is 10.1. The number of aromatic hydroxyl groups is 1. The average molecular weight is 333 g/mol. The Morgan fingerprint density at radius 1 is 1.25 bits per heavy atom. The van der Waals surface area contributed by atoms with Crippen LogP contribution in [0.4, 0.5) is 0 Å². The predicted octanol–water partition coefficient (Wildman–Crippen LogP) is 4.06. The number of hydrogen-bond acceptors (Lipinski definition) is 3. The second kappa shape index (κ2) is 6.39. The molecule has 102 valence electrons. The fourth-order valence-corrected chi connectivity index (χ4v) is 2.20. The highest BCUT2D eigenvalue weighted by Gasteiger charge is 2.06. The van der Waals surface area contributed by atoms with Gasteiger partial charge in [0.1, 0.15) is 0 Å². The van der Waals surface area contributed by atoms with Gasteiger partial charge in [0, 0.05) is 10.0 Å². The first-order chi connectivity index (χ1) is 9.61. The number of benzene rings is 2. The summed E-state index contributed by atoms with van der Waals surface area (Å²) in [6.45, 7) is 0. The van der Waals surface area contributed by atoms with Crippen LogP contribution >= 0.6 is 15.9 Å². The molecule has 0 aromatic heterocycles. The van der Waals surface area contributed by atoms with Gasteiger partial charge in [-0.2, -0.15) is 0 Å². The molecule has 0 aliphatic rings. The molecule has 0 spiro atoms. The zero-order valence-corrected chi connectivity index (χ0v) is 12.4. The van der Waals surface area contributed by atoms with Crippen molar-refractivity contribution in [3.8, 4) is 11.5 Å². The van der Waals surface area contributed by atoms with E-state index in [1.165, 1.54) is 19.3 Å². The van der Waals surface area contributed by atoms with E-state index >= 15 is 0 Å². The van der Waals surface area contributed by atoms with E-state index < -0.39 is 0 Å². The fraction of sp³-hybridized carbons (Fsp3) is 0.0625. The smallest absolute Gasteiger partial charge is 0.186 e. The number of carbonyl (C=O) groups excluding carboxylic acids is 1. The zero-order valence-electron chi connectivity index (χ0n) is 10.8. The van der Waals surface area contributed by atoms with Crippen LogP contribution in [-0.4, -0.2) is 18.0 Å². The third-order valence-corrected chi connectivity index (χ3v) is 3.46. The standard InChI is InChI=1S/C16H13BrO3/c1-20-16-10-11(7-9-15(16)19)6-8-14(18)12-4-2-3-5-13(12)17/h2-10,19H,1H3/b8-6+. The van der Waals surface area contributed by atoms with E-state index in [-0.39, 0.29) is 11.5 Å². The minimum absolute atomic E-state index is 0.0711. The number of halogens is 1. The van der Waals surface area contributed by atoms with E-state index in [0.29, 0.717) is 11.3 Å². The Balaban J connectivity index is 2.21. The molecule has 0 bridgehead atoms. The van der Waals surface area contributed by atoms with Crippen molar-refractivity contribution in [1.29, 1.82) is 0 Å². The van der Waals surface area contributed by atoms with Gasteiger partial charge in [0.05, 0.1) is 7.11 Å². The molecule has 0 aliphatic heterocycles. The topological polar surface area (TPSA) is 46.5 Å². The number of ether oxygens (including phenoxy) is 1. The fourth-order valence-electron chi connectivity index (χ4n) is 1.72. The second-order valence-corrected chi connectivity index (χ2v) is 4.96. The molecule has 0 heterocycles. The summed E-state index contributed by atoms with van der Waals surface area (Å²) >= 11 is 3.35. The maximum Gasteiger partial charge on any atom is 0.186 e. The van der Waals surface area contributed by atoms with E-state index in [2.05, 4.69) is 15.9 Å². The molecule has 0 aliphatic carbocycles. The molecule has 3 nitrogen and oxygen atoms in total. The molecule has 20 heavy (non-hydrogen) atoms. The van der Waals surface area contributed by atoms with Gasteiger partial charge in [-0.25, -0.2) is 0 Å². The Labute approximate surface area is 125 Å². The van der Waals surface area contributed by atoms with Crippen LogP contribution in [0.25, 0.3) is 6.08 Å². The molecule has 2 rings (SSSR count). The Morgan fingerprint density at radius 3 is 2.70 bits per heavy atom. The minimum atomic E-state index is -0.0930. The number of methoxy groups -OCH3 is 1. The predicted molar refractivity (Wildman–Crippen MR) is 82.2 cm³/mol. The third-order valence-electron chi connectivity index (χ3n) is 2.77. The van der Waals surface area contributed by atoms with Crippen LogP contribution in [0.5, 0.6) is 11.5 Å². The van der Waals surface area contributed by atoms with Crippen molar-refractivity contribution in [1.82, 2.24) is 0 Å². The molecule has 0 radical (unpaired) electrons. The van der Waals surface area contributed by atoms with Crippen LogP contribution in [0.15, 0.2) is 53.0 Å². The van der Waals surface area contributed by atoms with E-state index in [1.54, 1.807) is 24.3 Å². The summed E-state index contributed by atoms with van der Waals surface area (Å²) in [7, 11) is 1.48. The number of carbonyl (C=O) groups is 1. The SMILES string of the molecule is COc1cc(/C=C/C(=O)c2ccccc2Br)ccc1O. The minimum Gasteiger partial charge on any atom is -0.504 e. The summed E-state index contributed by atoms with van der Waals surface area (Å²) in [5.74, 6) is 0.354. The number of rotatable bonds is 4. The van der Waals surface area contributed by atoms with Crippen LogP contribution in [0.2, 0.25) is 0 Å². The summed E-state index contributed by atoms with van der Waals surface area (Å²) < 4.78 is 5.78. The Kier molecular flexibility index (Phi) is 4.58. The maximum atomic E-state index is 12.1. The van der Waals surface area contributed by atoms with Crippen LogP contribution < -0.4 is 4.74 Å². The molecular weight excluding hydrogens is 320 g/mol. The summed E-state index contributed by atoms with van der Waals surface area (Å²) in [6.07, 6.45) is 3.18. The first kappa shape index (κ1) is 14.3. The highest BCUT2D eigenvalue weighted by molar-refractivity contribution is 9.10. The molecular formula is C16H13BrO3. The molecule has 2 aromatic carbocycles. The van der Waals surface area contributed by atoms with E-state index in [4.69, 9.17) is 4.74 Å². The van der Waals surface area contributed by atoms with Crippen molar-refractivity contribution in [2.75, 3.05) is 7.11 Å². The summed E-state index contributed by atoms with van der Waals surface area (Å²) in [5.41, 5.74) is 1.38. The third kappa shape index (κ3) is 3.27. The second-order valence-electron chi connectivity index (χ2n) is 4.11. The first-order valence-corrected chi connectivity index (χ1v) is 6.75. The van der Waals surface area contributed by atoms with Crippen molar-refractivity contribution >= 4 is 27.8 Å². The van der Waals surface area contributed by atoms with Gasteiger partial charge in [-0.05, 0) is 35.9 Å². The highest BCUT2D eigenvalue weighted by Crippen LogP contribution is 2.27. The van der Waals surface area contributed by atoms with Crippen LogP contribution in [-0.2, 0) is 0 Å². The average Bonchev–Trinajstić information content (AvgIpc) is 2.46. The zero-order chi connectivity index (χ0) is 14.5. The largest absolute Gasteiger partial charge is 0.504 e. The quantitative estimate of drug-likeness (QED) is 0.678. The molecule has 0 saturated carbocycles. The van der Waals surface area contributed by atoms with Gasteiger partial charge in [-0.3, -0.25) is 4.79 Å². The molecule has 0 saturated heterocycles. The van der Waals surface area contributed by atoms with Crippen molar-refractivity contribution in [3.63, 3.8) is 0 Å². The van der Waals surface area contributed by atoms with Crippen molar-refractivity contribution < 1.29 is 14.6 Å². The molecule has 0 fully saturated rings. The van der Waals surface area contributed by atoms with Crippen LogP contribution in [0.3, 0.4) is 0 Å². The number of ketones is 1. The van der Waals surface area contributed by atoms with Gasteiger partial charge < -0.3 is 9.84 Å². The van der Waals surface area contributed by atoms with Crippen molar-refractivity contribution in [2.24, 2.45) is 0 Å². The molecule has 1 N–H and O–H groups in total. The lowest BCUT2D eigenvalue weighted by Gasteiger charge is -2.03. The van der Waals surface area contributed by atoms with Gasteiger partial charge in [-0.1, -0.05) is 40.2 Å². The molecule has 2 aromatic rings. The van der Waals surface area contributed by atoms with Gasteiger partial charge >= 0.3 is 0 Å². The Bertz CT molecular complexity index is 663. The van der Waals surface area contributed by atoms with Crippen LogP contribution in [0, 0.1) is 0 Å². The Morgan fingerprint density at radius 2 is 2.00 bits per heavy atom. The van der Waals surface area contributed by atoms with Gasteiger partial charge in [0.2, 0.25) is 0 Å². The molecule has 0 atom stereocenters. The van der Waals surface area contributed by atoms with E-state index in [9.17, 15) is 9.90 Å². The van der Waals surface area contributed by atoms with Gasteiger partial charge in [0.25, 0.3) is 0 Å². The molecule has 0 amide bonds. The number of phenols is 1. The maximum absolute atomic E-state index is 12.1. The van der Waals surface area contributed by atoms with Gasteiger partial charge in [-0.15, -0.1) is 0 Å². The number of allylic oxidation sites excluding steroid dienone is 1. The van der Waals surface area contributed by atoms with Crippen molar-refractivity contribution in [2.45, 2.75) is 0 Å². The lowest BCUT2D eigenvalue weighted by molar-refractivity contribution is 0.104. The van der Waals surface area contributed by atoms with Gasteiger partial charge in [0.15, 0.2) is 17.3 Å². The normalized spacial score (nSPS) is 10.7. The summed E-state index contributed by atoms with van der Waals surface area (Å²) in [4.78, 5) is 12.1. The monoisotopic (exact) mass is 332 g/mol. The van der Waals surface area contributed by atoms with Crippen LogP contribution in [0.1, 0.15) is 15.9 Å². The number of hydrogen-bond donors (Lipinski definition) is 1. The Hall–Kier alpha value is -2.07. The van der Waals surface area contributed by atoms with Crippen molar-refractivity contribution in [3.05, 3.63) is 64.1 Å². The highest BCUT2D eigenvalue weighted by atomic mass is 79.9. The molecule has 0 unspecified atom stereocenters. The molecule has 4 heteroatoms. The summed E-state index contributed by atoms with van der Waals surface area (Å²) in [5, 5.41) is 9.50. The van der Waals surface area contributed by atoms with E-state index in [0.717, 1.165) is 10.0 Å². The lowest BCUT2D eigenvalue weighted by Crippen LogP contribution is -1.95. The van der Waals surface area contributed by atoms with E-state index in [1.807, 2.05) is 18.2 Å². The number of phenolic OH excluding ortho intramolecular Hbond substituents is 1.